The van der Waals surface area contributed by atoms with Crippen LogP contribution >= 0.6 is 11.8 Å². The van der Waals surface area contributed by atoms with E-state index in [0.29, 0.717) is 10.6 Å². The minimum atomic E-state index is -0.392. The van der Waals surface area contributed by atoms with Gasteiger partial charge in [0.2, 0.25) is 5.91 Å². The molecule has 2 N–H and O–H groups in total. The maximum atomic E-state index is 10.7. The summed E-state index contributed by atoms with van der Waals surface area (Å²) in [5, 5.41) is 9.62. The van der Waals surface area contributed by atoms with Crippen LogP contribution < -0.4 is 5.73 Å². The van der Waals surface area contributed by atoms with Gasteiger partial charge in [-0.1, -0.05) is 11.8 Å². The monoisotopic (exact) mass is 233 g/mol. The molecular formula is C11H11N3OS. The van der Waals surface area contributed by atoms with Gasteiger partial charge in [-0.2, -0.15) is 5.26 Å². The SMILES string of the molecule is N#Cc1cc2c(nc1SCC(N)=O)CCC2. The second-order valence-electron chi connectivity index (χ2n) is 3.67. The van der Waals surface area contributed by atoms with Gasteiger partial charge in [-0.25, -0.2) is 4.98 Å². The minimum absolute atomic E-state index is 0.167. The highest BCUT2D eigenvalue weighted by molar-refractivity contribution is 7.99. The second-order valence-corrected chi connectivity index (χ2v) is 4.63. The predicted octanol–water partition coefficient (Wildman–Crippen LogP) is 1.02. The fourth-order valence-electron chi connectivity index (χ4n) is 1.78. The Morgan fingerprint density at radius 3 is 3.12 bits per heavy atom. The van der Waals surface area contributed by atoms with Crippen molar-refractivity contribution in [3.05, 3.63) is 22.9 Å². The Bertz CT molecular complexity index is 479. The molecular weight excluding hydrogens is 222 g/mol. The zero-order valence-corrected chi connectivity index (χ0v) is 9.51. The van der Waals surface area contributed by atoms with Gasteiger partial charge >= 0.3 is 0 Å². The van der Waals surface area contributed by atoms with Crippen LogP contribution in [0.25, 0.3) is 0 Å². The third-order valence-corrected chi connectivity index (χ3v) is 3.50. The Hall–Kier alpha value is -1.54. The first-order valence-corrected chi connectivity index (χ1v) is 6.03. The molecule has 0 aliphatic heterocycles. The summed E-state index contributed by atoms with van der Waals surface area (Å²) in [5.41, 5.74) is 7.85. The van der Waals surface area contributed by atoms with E-state index in [-0.39, 0.29) is 5.75 Å². The van der Waals surface area contributed by atoms with Crippen molar-refractivity contribution in [3.8, 4) is 6.07 Å². The third-order valence-electron chi connectivity index (χ3n) is 2.49. The smallest absolute Gasteiger partial charge is 0.227 e. The van der Waals surface area contributed by atoms with Crippen LogP contribution in [0.15, 0.2) is 11.1 Å². The number of aryl methyl sites for hydroxylation is 2. The van der Waals surface area contributed by atoms with Gasteiger partial charge in [0.15, 0.2) is 0 Å². The predicted molar refractivity (Wildman–Crippen MR) is 60.9 cm³/mol. The number of fused-ring (bicyclic) bond motifs is 1. The number of hydrogen-bond donors (Lipinski definition) is 1. The molecule has 1 aliphatic rings. The highest BCUT2D eigenvalue weighted by Crippen LogP contribution is 2.27. The maximum Gasteiger partial charge on any atom is 0.227 e. The normalized spacial score (nSPS) is 13.2. The van der Waals surface area contributed by atoms with Crippen molar-refractivity contribution in [3.63, 3.8) is 0 Å². The first-order chi connectivity index (χ1) is 7.70. The average Bonchev–Trinajstić information content (AvgIpc) is 2.71. The summed E-state index contributed by atoms with van der Waals surface area (Å²) in [5.74, 6) is -0.225. The van der Waals surface area contributed by atoms with E-state index in [1.807, 2.05) is 6.07 Å². The number of hydrogen-bond acceptors (Lipinski definition) is 4. The molecule has 82 valence electrons. The van der Waals surface area contributed by atoms with Crippen LogP contribution in [-0.2, 0) is 17.6 Å². The lowest BCUT2D eigenvalue weighted by atomic mass is 10.2. The van der Waals surface area contributed by atoms with Gasteiger partial charge in [-0.15, -0.1) is 0 Å². The van der Waals surface area contributed by atoms with Crippen molar-refractivity contribution < 1.29 is 4.79 Å². The summed E-state index contributed by atoms with van der Waals surface area (Å²) in [7, 11) is 0. The molecule has 5 heteroatoms. The van der Waals surface area contributed by atoms with Crippen LogP contribution in [0, 0.1) is 11.3 Å². The van der Waals surface area contributed by atoms with Gasteiger partial charge in [0.25, 0.3) is 0 Å². The van der Waals surface area contributed by atoms with Crippen molar-refractivity contribution in [1.29, 1.82) is 5.26 Å². The number of thioether (sulfide) groups is 1. The summed E-state index contributed by atoms with van der Waals surface area (Å²) in [6.45, 7) is 0. The third kappa shape index (κ3) is 2.17. The molecule has 0 saturated carbocycles. The van der Waals surface area contributed by atoms with E-state index in [2.05, 4.69) is 11.1 Å². The molecule has 1 aromatic heterocycles. The van der Waals surface area contributed by atoms with E-state index >= 15 is 0 Å². The minimum Gasteiger partial charge on any atom is -0.369 e. The lowest BCUT2D eigenvalue weighted by molar-refractivity contribution is -0.115. The number of nitriles is 1. The van der Waals surface area contributed by atoms with Gasteiger partial charge in [0.05, 0.1) is 11.3 Å². The lowest BCUT2D eigenvalue weighted by Gasteiger charge is -2.05. The number of rotatable bonds is 3. The summed E-state index contributed by atoms with van der Waals surface area (Å²) >= 11 is 1.24. The Kier molecular flexibility index (Phi) is 3.11. The molecule has 1 aromatic rings. The molecule has 0 atom stereocenters. The van der Waals surface area contributed by atoms with E-state index in [1.54, 1.807) is 0 Å². The van der Waals surface area contributed by atoms with Crippen molar-refractivity contribution >= 4 is 17.7 Å². The summed E-state index contributed by atoms with van der Waals surface area (Å²) in [4.78, 5) is 15.1. The average molecular weight is 233 g/mol. The van der Waals surface area contributed by atoms with Crippen molar-refractivity contribution in [1.82, 2.24) is 4.98 Å². The number of carbonyl (C=O) groups excluding carboxylic acids is 1. The van der Waals surface area contributed by atoms with Crippen LogP contribution in [0.2, 0.25) is 0 Å². The number of aromatic nitrogens is 1. The summed E-state index contributed by atoms with van der Waals surface area (Å²) in [6.07, 6.45) is 3.06. The fourth-order valence-corrected chi connectivity index (χ4v) is 2.50. The fraction of sp³-hybridized carbons (Fsp3) is 0.364. The summed E-state index contributed by atoms with van der Waals surface area (Å²) < 4.78 is 0. The van der Waals surface area contributed by atoms with E-state index in [1.165, 1.54) is 17.3 Å². The van der Waals surface area contributed by atoms with E-state index in [0.717, 1.165) is 25.0 Å². The lowest BCUT2D eigenvalue weighted by Crippen LogP contribution is -2.13. The molecule has 1 heterocycles. The number of carbonyl (C=O) groups is 1. The largest absolute Gasteiger partial charge is 0.369 e. The van der Waals surface area contributed by atoms with Crippen LogP contribution in [0.4, 0.5) is 0 Å². The Morgan fingerprint density at radius 1 is 1.62 bits per heavy atom. The van der Waals surface area contributed by atoms with Gasteiger partial charge in [-0.05, 0) is 30.9 Å². The number of pyridine rings is 1. The molecule has 2 rings (SSSR count). The first-order valence-electron chi connectivity index (χ1n) is 5.04. The van der Waals surface area contributed by atoms with Gasteiger partial charge < -0.3 is 5.73 Å². The van der Waals surface area contributed by atoms with Gasteiger partial charge in [0.1, 0.15) is 11.1 Å². The number of primary amides is 1. The van der Waals surface area contributed by atoms with Crippen LogP contribution in [0.5, 0.6) is 0 Å². The Morgan fingerprint density at radius 2 is 2.44 bits per heavy atom. The first kappa shape index (κ1) is 11.0. The number of amides is 1. The molecule has 0 saturated heterocycles. The molecule has 1 amide bonds. The quantitative estimate of drug-likeness (QED) is 0.790. The van der Waals surface area contributed by atoms with Crippen molar-refractivity contribution in [2.75, 3.05) is 5.75 Å². The molecule has 0 fully saturated rings. The van der Waals surface area contributed by atoms with Gasteiger partial charge in [0, 0.05) is 5.69 Å². The topological polar surface area (TPSA) is 79.8 Å². The maximum absolute atomic E-state index is 10.7. The van der Waals surface area contributed by atoms with Gasteiger partial charge in [-0.3, -0.25) is 4.79 Å². The highest BCUT2D eigenvalue weighted by Gasteiger charge is 2.16. The van der Waals surface area contributed by atoms with Crippen LogP contribution in [-0.4, -0.2) is 16.6 Å². The molecule has 16 heavy (non-hydrogen) atoms. The summed E-state index contributed by atoms with van der Waals surface area (Å²) in [6, 6.07) is 4.00. The number of nitrogens with zero attached hydrogens (tertiary/aromatic N) is 2. The molecule has 1 aliphatic carbocycles. The molecule has 0 radical (unpaired) electrons. The zero-order chi connectivity index (χ0) is 11.5. The molecule has 0 unspecified atom stereocenters. The van der Waals surface area contributed by atoms with E-state index in [9.17, 15) is 4.79 Å². The van der Waals surface area contributed by atoms with E-state index < -0.39 is 5.91 Å². The zero-order valence-electron chi connectivity index (χ0n) is 8.69. The van der Waals surface area contributed by atoms with Crippen molar-refractivity contribution in [2.24, 2.45) is 5.73 Å². The second kappa shape index (κ2) is 4.54. The molecule has 0 bridgehead atoms. The van der Waals surface area contributed by atoms with Crippen LogP contribution in [0.3, 0.4) is 0 Å². The molecule has 0 spiro atoms. The standard InChI is InChI=1S/C11H11N3OS/c12-5-8-4-7-2-1-3-9(7)14-11(8)16-6-10(13)15/h4H,1-3,6H2,(H2,13,15). The van der Waals surface area contributed by atoms with Crippen molar-refractivity contribution in [2.45, 2.75) is 24.3 Å². The van der Waals surface area contributed by atoms with E-state index in [4.69, 9.17) is 11.0 Å². The Balaban J connectivity index is 2.30. The Labute approximate surface area is 97.9 Å². The highest BCUT2D eigenvalue weighted by atomic mass is 32.2. The molecule has 4 nitrogen and oxygen atoms in total. The van der Waals surface area contributed by atoms with Crippen LogP contribution in [0.1, 0.15) is 23.2 Å². The number of nitrogens with two attached hydrogens (primary N) is 1. The molecule has 0 aromatic carbocycles.